The predicted octanol–water partition coefficient (Wildman–Crippen LogP) is 3.69. The maximum absolute atomic E-state index is 12.4. The molecule has 1 aliphatic heterocycles. The lowest BCUT2D eigenvalue weighted by Crippen LogP contribution is -2.28. The number of esters is 2. The van der Waals surface area contributed by atoms with Crippen molar-refractivity contribution in [2.45, 2.75) is 20.3 Å². The molecule has 1 aliphatic rings. The van der Waals surface area contributed by atoms with Crippen molar-refractivity contribution in [3.8, 4) is 0 Å². The highest BCUT2D eigenvalue weighted by molar-refractivity contribution is 6.33. The molecule has 9 heteroatoms. The number of amides is 2. The second-order valence-electron chi connectivity index (χ2n) is 8.08. The normalized spacial score (nSPS) is 15.5. The van der Waals surface area contributed by atoms with E-state index in [0.29, 0.717) is 28.6 Å². The van der Waals surface area contributed by atoms with Crippen LogP contribution in [0.2, 0.25) is 5.02 Å². The number of nitrogens with one attached hydrogen (secondary N) is 1. The largest absolute Gasteiger partial charge is 0.462 e. The summed E-state index contributed by atoms with van der Waals surface area (Å²) >= 11 is 6.14. The van der Waals surface area contributed by atoms with Crippen LogP contribution >= 0.6 is 11.6 Å². The molecule has 1 N–H and O–H groups in total. The summed E-state index contributed by atoms with van der Waals surface area (Å²) in [4.78, 5) is 50.2. The number of nitrogens with zero attached hydrogens (tertiary/aromatic N) is 1. The fourth-order valence-electron chi connectivity index (χ4n) is 3.24. The average molecular weight is 473 g/mol. The smallest absolute Gasteiger partial charge is 0.338 e. The van der Waals surface area contributed by atoms with Crippen molar-refractivity contribution in [2.75, 3.05) is 30.0 Å². The van der Waals surface area contributed by atoms with E-state index in [1.165, 1.54) is 17.0 Å². The summed E-state index contributed by atoms with van der Waals surface area (Å²) < 4.78 is 10.3. The second kappa shape index (κ2) is 11.0. The zero-order valence-corrected chi connectivity index (χ0v) is 19.1. The third-order valence-corrected chi connectivity index (χ3v) is 5.22. The van der Waals surface area contributed by atoms with Crippen LogP contribution in [-0.2, 0) is 23.9 Å². The van der Waals surface area contributed by atoms with Gasteiger partial charge in [0.25, 0.3) is 5.91 Å². The van der Waals surface area contributed by atoms with E-state index in [-0.39, 0.29) is 24.8 Å². The molecule has 1 atom stereocenters. The zero-order chi connectivity index (χ0) is 24.0. The first-order valence-corrected chi connectivity index (χ1v) is 10.9. The lowest BCUT2D eigenvalue weighted by Gasteiger charge is -2.17. The van der Waals surface area contributed by atoms with Crippen LogP contribution in [0.25, 0.3) is 0 Å². The maximum atomic E-state index is 12.4. The Balaban J connectivity index is 1.47. The number of ether oxygens (including phenoxy) is 2. The Hall–Kier alpha value is -3.39. The lowest BCUT2D eigenvalue weighted by atomic mass is 10.1. The zero-order valence-electron chi connectivity index (χ0n) is 18.4. The van der Waals surface area contributed by atoms with Crippen LogP contribution in [0.3, 0.4) is 0 Å². The first-order chi connectivity index (χ1) is 15.7. The molecular formula is C24H25ClN2O6. The summed E-state index contributed by atoms with van der Waals surface area (Å²) in [7, 11) is 0. The van der Waals surface area contributed by atoms with E-state index in [1.807, 2.05) is 13.8 Å². The molecule has 2 aromatic carbocycles. The van der Waals surface area contributed by atoms with Gasteiger partial charge < -0.3 is 19.7 Å². The molecule has 0 radical (unpaired) electrons. The molecule has 0 bridgehead atoms. The Kier molecular flexibility index (Phi) is 8.06. The second-order valence-corrected chi connectivity index (χ2v) is 8.49. The van der Waals surface area contributed by atoms with Gasteiger partial charge in [0.15, 0.2) is 6.61 Å². The minimum Gasteiger partial charge on any atom is -0.462 e. The van der Waals surface area contributed by atoms with Gasteiger partial charge in [-0.25, -0.2) is 4.79 Å². The van der Waals surface area contributed by atoms with Crippen LogP contribution in [0.15, 0.2) is 48.5 Å². The molecule has 0 spiro atoms. The van der Waals surface area contributed by atoms with Gasteiger partial charge in [-0.05, 0) is 42.3 Å². The quantitative estimate of drug-likeness (QED) is 0.588. The number of hydrogen-bond acceptors (Lipinski definition) is 6. The van der Waals surface area contributed by atoms with Crippen LogP contribution in [0, 0.1) is 11.8 Å². The number of carbonyl (C=O) groups excluding carboxylic acids is 4. The molecule has 8 nitrogen and oxygen atoms in total. The van der Waals surface area contributed by atoms with Gasteiger partial charge in [0.05, 0.1) is 28.8 Å². The van der Waals surface area contributed by atoms with Gasteiger partial charge >= 0.3 is 11.9 Å². The first kappa shape index (κ1) is 24.3. The van der Waals surface area contributed by atoms with Crippen LogP contribution in [0.4, 0.5) is 11.4 Å². The van der Waals surface area contributed by atoms with E-state index in [1.54, 1.807) is 36.4 Å². The van der Waals surface area contributed by atoms with E-state index in [2.05, 4.69) is 5.32 Å². The summed E-state index contributed by atoms with van der Waals surface area (Å²) in [6.45, 7) is 3.85. The number of benzene rings is 2. The van der Waals surface area contributed by atoms with Crippen molar-refractivity contribution in [3.05, 3.63) is 59.1 Å². The minimum absolute atomic E-state index is 0.0138. The van der Waals surface area contributed by atoms with E-state index in [4.69, 9.17) is 21.1 Å². The molecule has 1 heterocycles. The number of rotatable bonds is 8. The molecule has 33 heavy (non-hydrogen) atoms. The third-order valence-electron chi connectivity index (χ3n) is 4.90. The fraction of sp³-hybridized carbons (Fsp3) is 0.333. The third kappa shape index (κ3) is 6.55. The Morgan fingerprint density at radius 3 is 2.45 bits per heavy atom. The van der Waals surface area contributed by atoms with Crippen LogP contribution in [0.1, 0.15) is 30.6 Å². The van der Waals surface area contributed by atoms with Crippen molar-refractivity contribution < 1.29 is 28.7 Å². The Labute approximate surface area is 196 Å². The Morgan fingerprint density at radius 2 is 1.79 bits per heavy atom. The predicted molar refractivity (Wildman–Crippen MR) is 123 cm³/mol. The van der Waals surface area contributed by atoms with E-state index in [9.17, 15) is 19.2 Å². The molecule has 3 rings (SSSR count). The van der Waals surface area contributed by atoms with E-state index in [0.717, 1.165) is 0 Å². The molecule has 0 saturated carbocycles. The topological polar surface area (TPSA) is 102 Å². The summed E-state index contributed by atoms with van der Waals surface area (Å²) in [6, 6.07) is 13.1. The van der Waals surface area contributed by atoms with Crippen molar-refractivity contribution in [1.29, 1.82) is 0 Å². The molecule has 0 aromatic heterocycles. The Bertz CT molecular complexity index is 1040. The highest BCUT2D eigenvalue weighted by atomic mass is 35.5. The van der Waals surface area contributed by atoms with Crippen LogP contribution in [0.5, 0.6) is 0 Å². The number of carbonyl (C=O) groups is 4. The van der Waals surface area contributed by atoms with Crippen molar-refractivity contribution in [1.82, 2.24) is 0 Å². The molecule has 2 amide bonds. The molecular weight excluding hydrogens is 448 g/mol. The Morgan fingerprint density at radius 1 is 1.09 bits per heavy atom. The summed E-state index contributed by atoms with van der Waals surface area (Å²) in [5.74, 6) is -2.29. The van der Waals surface area contributed by atoms with Gasteiger partial charge in [-0.2, -0.15) is 0 Å². The number of anilines is 2. The first-order valence-electron chi connectivity index (χ1n) is 10.5. The molecule has 174 valence electrons. The monoisotopic (exact) mass is 472 g/mol. The van der Waals surface area contributed by atoms with Gasteiger partial charge in [0.2, 0.25) is 5.91 Å². The number of para-hydroxylation sites is 1. The highest BCUT2D eigenvalue weighted by Crippen LogP contribution is 2.31. The van der Waals surface area contributed by atoms with E-state index >= 15 is 0 Å². The average Bonchev–Trinajstić information content (AvgIpc) is 3.18. The summed E-state index contributed by atoms with van der Waals surface area (Å²) in [5.41, 5.74) is 1.35. The van der Waals surface area contributed by atoms with Gasteiger partial charge in [-0.1, -0.05) is 37.6 Å². The standard InChI is InChI=1S/C24H25ClN2O6/c1-15(2)13-32-23(30)16-7-9-18(10-8-16)26-21(28)14-33-24(31)17-11-22(29)27(12-17)20-6-4-3-5-19(20)25/h3-10,15,17H,11-14H2,1-2H3,(H,26,28)/t17-/m1/s1. The summed E-state index contributed by atoms with van der Waals surface area (Å²) in [5, 5.41) is 3.01. The summed E-state index contributed by atoms with van der Waals surface area (Å²) in [6.07, 6.45) is -0.0138. The molecule has 0 aliphatic carbocycles. The molecule has 2 aromatic rings. The number of halogens is 1. The molecule has 1 saturated heterocycles. The fourth-order valence-corrected chi connectivity index (χ4v) is 3.47. The SMILES string of the molecule is CC(C)COC(=O)c1ccc(NC(=O)COC(=O)[C@@H]2CC(=O)N(c3ccccc3Cl)C2)cc1. The van der Waals surface area contributed by atoms with Crippen molar-refractivity contribution in [3.63, 3.8) is 0 Å². The van der Waals surface area contributed by atoms with Crippen LogP contribution in [-0.4, -0.2) is 43.5 Å². The lowest BCUT2D eigenvalue weighted by molar-refractivity contribution is -0.151. The highest BCUT2D eigenvalue weighted by Gasteiger charge is 2.37. The van der Waals surface area contributed by atoms with Crippen molar-refractivity contribution >= 4 is 46.7 Å². The van der Waals surface area contributed by atoms with Crippen LogP contribution < -0.4 is 10.2 Å². The maximum Gasteiger partial charge on any atom is 0.338 e. The van der Waals surface area contributed by atoms with Crippen molar-refractivity contribution in [2.24, 2.45) is 11.8 Å². The minimum atomic E-state index is -0.683. The van der Waals surface area contributed by atoms with Gasteiger partial charge in [0.1, 0.15) is 0 Å². The molecule has 0 unspecified atom stereocenters. The molecule has 1 fully saturated rings. The van der Waals surface area contributed by atoms with Gasteiger partial charge in [-0.3, -0.25) is 14.4 Å². The number of hydrogen-bond donors (Lipinski definition) is 1. The van der Waals surface area contributed by atoms with Gasteiger partial charge in [-0.15, -0.1) is 0 Å². The van der Waals surface area contributed by atoms with Gasteiger partial charge in [0, 0.05) is 18.7 Å². The van der Waals surface area contributed by atoms with E-state index < -0.39 is 30.4 Å².